The van der Waals surface area contributed by atoms with Crippen LogP contribution in [0.4, 0.5) is 4.39 Å². The van der Waals surface area contributed by atoms with E-state index in [2.05, 4.69) is 0 Å². The lowest BCUT2D eigenvalue weighted by Crippen LogP contribution is -2.13. The van der Waals surface area contributed by atoms with Crippen molar-refractivity contribution >= 4 is 39.7 Å². The molecule has 22 heavy (non-hydrogen) atoms. The first-order valence-corrected chi connectivity index (χ1v) is 7.29. The van der Waals surface area contributed by atoms with Crippen molar-refractivity contribution in [1.29, 1.82) is 0 Å². The highest BCUT2D eigenvalue weighted by Crippen LogP contribution is 2.32. The van der Waals surface area contributed by atoms with Gasteiger partial charge in [0, 0.05) is 26.9 Å². The maximum Gasteiger partial charge on any atom is 0.345 e. The lowest BCUT2D eigenvalue weighted by atomic mass is 9.96. The van der Waals surface area contributed by atoms with Gasteiger partial charge in [0.05, 0.1) is 5.56 Å². The molecule has 2 aromatic carbocycles. The van der Waals surface area contributed by atoms with Crippen molar-refractivity contribution in [3.05, 3.63) is 69.3 Å². The second-order valence-corrected chi connectivity index (χ2v) is 5.89. The van der Waals surface area contributed by atoms with Crippen LogP contribution in [-0.2, 0) is 0 Å². The minimum absolute atomic E-state index is 0.316. The van der Waals surface area contributed by atoms with Crippen LogP contribution in [0.3, 0.4) is 0 Å². The topological polar surface area (TPSA) is 30.2 Å². The van der Waals surface area contributed by atoms with E-state index < -0.39 is 5.63 Å². The Kier molecular flexibility index (Phi) is 3.81. The van der Waals surface area contributed by atoms with Gasteiger partial charge < -0.3 is 4.42 Å². The van der Waals surface area contributed by atoms with Crippen molar-refractivity contribution in [2.75, 3.05) is 0 Å². The molecule has 5 heteroatoms. The number of thiocarbonyl (C=S) groups is 1. The average molecular weight is 333 g/mol. The fraction of sp³-hybridized carbons (Fsp3) is 0.0588. The SMILES string of the molecule is CC(=S)c1c(-c2ccc(F)cc2)c2ccc(Cl)cc2oc1=O. The molecule has 3 aromatic rings. The van der Waals surface area contributed by atoms with Crippen LogP contribution in [0.2, 0.25) is 5.02 Å². The molecule has 0 spiro atoms. The molecule has 1 heterocycles. The Morgan fingerprint density at radius 3 is 2.50 bits per heavy atom. The van der Waals surface area contributed by atoms with E-state index in [0.29, 0.717) is 37.5 Å². The summed E-state index contributed by atoms with van der Waals surface area (Å²) in [5.74, 6) is -0.348. The fourth-order valence-corrected chi connectivity index (χ4v) is 2.76. The molecule has 0 fully saturated rings. The molecule has 110 valence electrons. The molecular formula is C17H10ClFO2S. The fourth-order valence-electron chi connectivity index (χ4n) is 2.41. The van der Waals surface area contributed by atoms with Crippen molar-refractivity contribution in [3.63, 3.8) is 0 Å². The quantitative estimate of drug-likeness (QED) is 0.376. The lowest BCUT2D eigenvalue weighted by molar-refractivity contribution is 0.560. The van der Waals surface area contributed by atoms with Crippen molar-refractivity contribution in [2.24, 2.45) is 0 Å². The molecule has 1 aromatic heterocycles. The van der Waals surface area contributed by atoms with Gasteiger partial charge >= 0.3 is 5.63 Å². The monoisotopic (exact) mass is 332 g/mol. The van der Waals surface area contributed by atoms with Gasteiger partial charge in [-0.15, -0.1) is 0 Å². The average Bonchev–Trinajstić information content (AvgIpc) is 2.46. The van der Waals surface area contributed by atoms with Gasteiger partial charge in [-0.25, -0.2) is 9.18 Å². The van der Waals surface area contributed by atoms with Gasteiger partial charge in [0.15, 0.2) is 0 Å². The van der Waals surface area contributed by atoms with Crippen LogP contribution in [0.15, 0.2) is 51.7 Å². The van der Waals surface area contributed by atoms with E-state index in [1.807, 2.05) is 0 Å². The van der Waals surface area contributed by atoms with E-state index in [1.165, 1.54) is 12.1 Å². The van der Waals surface area contributed by atoms with E-state index in [9.17, 15) is 9.18 Å². The van der Waals surface area contributed by atoms with E-state index in [0.717, 1.165) is 0 Å². The number of fused-ring (bicyclic) bond motifs is 1. The number of hydrogen-bond acceptors (Lipinski definition) is 3. The summed E-state index contributed by atoms with van der Waals surface area (Å²) in [6.07, 6.45) is 0. The van der Waals surface area contributed by atoms with E-state index >= 15 is 0 Å². The number of benzene rings is 2. The third-order valence-electron chi connectivity index (χ3n) is 3.35. The van der Waals surface area contributed by atoms with Gasteiger partial charge in [0.25, 0.3) is 0 Å². The molecule has 0 saturated carbocycles. The zero-order valence-electron chi connectivity index (χ0n) is 11.5. The minimum Gasteiger partial charge on any atom is -0.422 e. The predicted octanol–water partition coefficient (Wildman–Crippen LogP) is 4.99. The summed E-state index contributed by atoms with van der Waals surface area (Å²) < 4.78 is 18.5. The highest BCUT2D eigenvalue weighted by molar-refractivity contribution is 7.80. The van der Waals surface area contributed by atoms with Crippen LogP contribution in [-0.4, -0.2) is 4.86 Å². The standard InChI is InChI=1S/C17H10ClFO2S/c1-9(22)15-16(10-2-5-12(19)6-3-10)13-7-4-11(18)8-14(13)21-17(15)20/h2-8H,1H3. The van der Waals surface area contributed by atoms with Crippen LogP contribution in [0, 0.1) is 5.82 Å². The molecule has 2 nitrogen and oxygen atoms in total. The largest absolute Gasteiger partial charge is 0.422 e. The molecule has 0 amide bonds. The summed E-state index contributed by atoms with van der Waals surface area (Å²) in [4.78, 5) is 12.7. The zero-order valence-corrected chi connectivity index (χ0v) is 13.1. The highest BCUT2D eigenvalue weighted by atomic mass is 35.5. The number of rotatable bonds is 2. The van der Waals surface area contributed by atoms with Gasteiger partial charge in [0.2, 0.25) is 0 Å². The Morgan fingerprint density at radius 1 is 1.18 bits per heavy atom. The lowest BCUT2D eigenvalue weighted by Gasteiger charge is -2.11. The first-order chi connectivity index (χ1) is 10.5. The summed E-state index contributed by atoms with van der Waals surface area (Å²) in [7, 11) is 0. The van der Waals surface area contributed by atoms with Gasteiger partial charge in [-0.1, -0.05) is 36.0 Å². The zero-order chi connectivity index (χ0) is 15.9. The Hall–Kier alpha value is -2.04. The van der Waals surface area contributed by atoms with Crippen molar-refractivity contribution in [1.82, 2.24) is 0 Å². The molecule has 0 bridgehead atoms. The summed E-state index contributed by atoms with van der Waals surface area (Å²) in [5, 5.41) is 1.17. The van der Waals surface area contributed by atoms with E-state index in [4.69, 9.17) is 28.2 Å². The molecule has 0 aliphatic rings. The minimum atomic E-state index is -0.526. The third kappa shape index (κ3) is 2.56. The van der Waals surface area contributed by atoms with Crippen LogP contribution < -0.4 is 5.63 Å². The van der Waals surface area contributed by atoms with Crippen molar-refractivity contribution in [3.8, 4) is 11.1 Å². The normalized spacial score (nSPS) is 10.9. The number of hydrogen-bond donors (Lipinski definition) is 0. The maximum atomic E-state index is 13.2. The molecule has 0 saturated heterocycles. The summed E-state index contributed by atoms with van der Waals surface area (Å²) in [5.41, 5.74) is 1.49. The first kappa shape index (κ1) is 14.9. The van der Waals surface area contributed by atoms with Gasteiger partial charge in [-0.2, -0.15) is 0 Å². The Bertz CT molecular complexity index is 945. The smallest absolute Gasteiger partial charge is 0.345 e. The summed E-state index contributed by atoms with van der Waals surface area (Å²) in [6, 6.07) is 11.0. The van der Waals surface area contributed by atoms with E-state index in [-0.39, 0.29) is 5.82 Å². The summed E-state index contributed by atoms with van der Waals surface area (Å²) >= 11 is 11.1. The van der Waals surface area contributed by atoms with Gasteiger partial charge in [0.1, 0.15) is 11.4 Å². The van der Waals surface area contributed by atoms with E-state index in [1.54, 1.807) is 37.3 Å². The molecule has 0 atom stereocenters. The van der Waals surface area contributed by atoms with Crippen LogP contribution in [0.25, 0.3) is 22.1 Å². The summed E-state index contributed by atoms with van der Waals surface area (Å²) in [6.45, 7) is 1.66. The van der Waals surface area contributed by atoms with Crippen LogP contribution >= 0.6 is 23.8 Å². The highest BCUT2D eigenvalue weighted by Gasteiger charge is 2.18. The predicted molar refractivity (Wildman–Crippen MR) is 90.3 cm³/mol. The molecular weight excluding hydrogens is 323 g/mol. The van der Waals surface area contributed by atoms with Gasteiger partial charge in [-0.05, 0) is 36.8 Å². The number of halogens is 2. The molecule has 0 radical (unpaired) electrons. The molecule has 0 unspecified atom stereocenters. The molecule has 0 aliphatic carbocycles. The Balaban J connectivity index is 2.48. The molecule has 0 N–H and O–H groups in total. The van der Waals surface area contributed by atoms with Crippen LogP contribution in [0.5, 0.6) is 0 Å². The third-order valence-corrected chi connectivity index (χ3v) is 3.79. The second-order valence-electron chi connectivity index (χ2n) is 4.84. The first-order valence-electron chi connectivity index (χ1n) is 6.50. The maximum absolute atomic E-state index is 13.2. The Morgan fingerprint density at radius 2 is 1.86 bits per heavy atom. The molecule has 3 rings (SSSR count). The van der Waals surface area contributed by atoms with Crippen molar-refractivity contribution < 1.29 is 8.81 Å². The van der Waals surface area contributed by atoms with Crippen LogP contribution in [0.1, 0.15) is 12.5 Å². The second kappa shape index (κ2) is 5.63. The van der Waals surface area contributed by atoms with Gasteiger partial charge in [-0.3, -0.25) is 0 Å². The Labute approximate surface area is 136 Å². The molecule has 0 aliphatic heterocycles. The van der Waals surface area contributed by atoms with Crippen molar-refractivity contribution in [2.45, 2.75) is 6.92 Å².